The zero-order valence-electron chi connectivity index (χ0n) is 18.9. The predicted octanol–water partition coefficient (Wildman–Crippen LogP) is 6.80. The summed E-state index contributed by atoms with van der Waals surface area (Å²) in [4.78, 5) is 2.54. The van der Waals surface area contributed by atoms with Crippen LogP contribution in [0.1, 0.15) is 66.6 Å². The van der Waals surface area contributed by atoms with E-state index in [-0.39, 0.29) is 0 Å². The largest absolute Gasteiger partial charge is 0.300 e. The summed E-state index contributed by atoms with van der Waals surface area (Å²) in [7, 11) is 0. The Kier molecular flexibility index (Phi) is 5.03. The first-order chi connectivity index (χ1) is 14.7. The molecule has 0 aliphatic heterocycles. The third kappa shape index (κ3) is 2.79. The topological polar surface area (TPSA) is 3.24 Å². The normalized spacial score (nSPS) is 13.4. The van der Waals surface area contributed by atoms with Gasteiger partial charge in [0.2, 0.25) is 0 Å². The molecule has 0 unspecified atom stereocenters. The van der Waals surface area contributed by atoms with E-state index >= 15 is 0 Å². The van der Waals surface area contributed by atoms with Crippen LogP contribution in [0.25, 0.3) is 22.3 Å². The van der Waals surface area contributed by atoms with Crippen molar-refractivity contribution in [2.45, 2.75) is 59.9 Å². The van der Waals surface area contributed by atoms with E-state index in [9.17, 15) is 0 Å². The molecule has 0 atom stereocenters. The molecule has 0 N–H and O–H groups in total. The lowest BCUT2D eigenvalue weighted by Crippen LogP contribution is -2.22. The van der Waals surface area contributed by atoms with Gasteiger partial charge in [0.1, 0.15) is 0 Å². The summed E-state index contributed by atoms with van der Waals surface area (Å²) < 4.78 is 0. The van der Waals surface area contributed by atoms with Crippen LogP contribution in [0.15, 0.2) is 42.5 Å². The van der Waals surface area contributed by atoms with Crippen molar-refractivity contribution < 1.29 is 0 Å². The Hall–Kier alpha value is -2.38. The van der Waals surface area contributed by atoms with Crippen molar-refractivity contribution in [3.8, 4) is 22.3 Å². The smallest absolute Gasteiger partial charge is 0.0236 e. The summed E-state index contributed by atoms with van der Waals surface area (Å²) in [5.74, 6) is 0. The molecule has 2 aliphatic carbocycles. The van der Waals surface area contributed by atoms with Gasteiger partial charge in [-0.2, -0.15) is 0 Å². The molecule has 0 amide bonds. The second-order valence-electron chi connectivity index (χ2n) is 8.79. The molecule has 0 spiro atoms. The summed E-state index contributed by atoms with van der Waals surface area (Å²) in [6, 6.07) is 16.1. The van der Waals surface area contributed by atoms with E-state index in [1.165, 1.54) is 22.3 Å². The number of hydrogen-bond donors (Lipinski definition) is 0. The van der Waals surface area contributed by atoms with Crippen LogP contribution in [0, 0.1) is 0 Å². The van der Waals surface area contributed by atoms with Gasteiger partial charge in [-0.3, -0.25) is 4.90 Å². The maximum Gasteiger partial charge on any atom is 0.0236 e. The highest BCUT2D eigenvalue weighted by Gasteiger charge is 2.33. The molecule has 0 fully saturated rings. The lowest BCUT2D eigenvalue weighted by atomic mass is 9.84. The Morgan fingerprint density at radius 1 is 0.667 bits per heavy atom. The molecule has 0 heterocycles. The number of nitrogens with zero attached hydrogens (tertiary/aromatic N) is 1. The van der Waals surface area contributed by atoms with Crippen LogP contribution in [0.2, 0.25) is 0 Å². The van der Waals surface area contributed by atoms with Crippen molar-refractivity contribution >= 4 is 0 Å². The Balaban J connectivity index is 1.73. The van der Waals surface area contributed by atoms with Gasteiger partial charge in [0.25, 0.3) is 0 Å². The van der Waals surface area contributed by atoms with E-state index in [0.29, 0.717) is 0 Å². The van der Waals surface area contributed by atoms with Crippen molar-refractivity contribution in [1.82, 2.24) is 4.90 Å². The molecule has 2 aliphatic rings. The molecule has 1 nitrogen and oxygen atoms in total. The quantitative estimate of drug-likeness (QED) is 0.306. The Morgan fingerprint density at radius 2 is 1.30 bits per heavy atom. The molecule has 0 saturated carbocycles. The fraction of sp³-hybridized carbons (Fsp3) is 0.379. The predicted molar refractivity (Wildman–Crippen MR) is 128 cm³/mol. The molecular weight excluding hydrogens is 362 g/mol. The van der Waals surface area contributed by atoms with Gasteiger partial charge in [0, 0.05) is 6.54 Å². The molecule has 3 aromatic rings. The van der Waals surface area contributed by atoms with Crippen molar-refractivity contribution in [2.75, 3.05) is 13.1 Å². The van der Waals surface area contributed by atoms with Gasteiger partial charge in [0.15, 0.2) is 0 Å². The first-order valence-electron chi connectivity index (χ1n) is 11.8. The summed E-state index contributed by atoms with van der Waals surface area (Å²) >= 11 is 0. The Morgan fingerprint density at radius 3 is 2.00 bits per heavy atom. The molecule has 0 bridgehead atoms. The van der Waals surface area contributed by atoms with Crippen molar-refractivity contribution in [2.24, 2.45) is 0 Å². The van der Waals surface area contributed by atoms with E-state index < -0.39 is 0 Å². The highest BCUT2D eigenvalue weighted by Crippen LogP contribution is 2.51. The number of benzene rings is 3. The molecule has 5 rings (SSSR count). The lowest BCUT2D eigenvalue weighted by Gasteiger charge is -2.20. The van der Waals surface area contributed by atoms with Gasteiger partial charge in [-0.05, 0) is 100.0 Å². The minimum Gasteiger partial charge on any atom is -0.300 e. The average molecular weight is 396 g/mol. The molecule has 30 heavy (non-hydrogen) atoms. The van der Waals surface area contributed by atoms with Crippen LogP contribution in [0.5, 0.6) is 0 Å². The third-order valence-corrected chi connectivity index (χ3v) is 7.48. The third-order valence-electron chi connectivity index (χ3n) is 7.48. The monoisotopic (exact) mass is 395 g/mol. The van der Waals surface area contributed by atoms with Crippen molar-refractivity contribution in [3.63, 3.8) is 0 Å². The molecule has 0 saturated heterocycles. The minimum atomic E-state index is 1.06. The van der Waals surface area contributed by atoms with Crippen LogP contribution in [0.3, 0.4) is 0 Å². The summed E-state index contributed by atoms with van der Waals surface area (Å²) in [5.41, 5.74) is 17.2. The van der Waals surface area contributed by atoms with E-state index in [1.54, 1.807) is 38.9 Å². The fourth-order valence-corrected chi connectivity index (χ4v) is 5.99. The SMILES string of the molecule is CCc1c(CC)c2c(c3c1-c1ccccc1C3)Cc1c(CN(CC)CC)cccc1-2. The maximum absolute atomic E-state index is 2.54. The Bertz CT molecular complexity index is 1120. The van der Waals surface area contributed by atoms with Crippen LogP contribution >= 0.6 is 0 Å². The van der Waals surface area contributed by atoms with Gasteiger partial charge >= 0.3 is 0 Å². The van der Waals surface area contributed by atoms with Gasteiger partial charge in [0.05, 0.1) is 0 Å². The second kappa shape index (κ2) is 7.71. The minimum absolute atomic E-state index is 1.06. The number of fused-ring (bicyclic) bond motifs is 7. The molecule has 154 valence electrons. The molecule has 0 radical (unpaired) electrons. The molecule has 3 aromatic carbocycles. The van der Waals surface area contributed by atoms with Gasteiger partial charge < -0.3 is 0 Å². The van der Waals surface area contributed by atoms with Crippen LogP contribution in [0.4, 0.5) is 0 Å². The van der Waals surface area contributed by atoms with Gasteiger partial charge in [-0.1, -0.05) is 70.2 Å². The lowest BCUT2D eigenvalue weighted by molar-refractivity contribution is 0.295. The number of hydrogen-bond acceptors (Lipinski definition) is 1. The maximum atomic E-state index is 2.54. The first-order valence-corrected chi connectivity index (χ1v) is 11.8. The van der Waals surface area contributed by atoms with Crippen LogP contribution < -0.4 is 0 Å². The average Bonchev–Trinajstić information content (AvgIpc) is 3.36. The van der Waals surface area contributed by atoms with Gasteiger partial charge in [-0.15, -0.1) is 0 Å². The molecular formula is C29H33N. The van der Waals surface area contributed by atoms with Crippen molar-refractivity contribution in [1.29, 1.82) is 0 Å². The van der Waals surface area contributed by atoms with E-state index in [1.807, 2.05) is 0 Å². The summed E-state index contributed by atoms with van der Waals surface area (Å²) in [6.45, 7) is 12.5. The van der Waals surface area contributed by atoms with E-state index in [0.717, 1.165) is 45.3 Å². The summed E-state index contributed by atoms with van der Waals surface area (Å²) in [5, 5.41) is 0. The van der Waals surface area contributed by atoms with E-state index in [2.05, 4.69) is 75.1 Å². The van der Waals surface area contributed by atoms with Crippen LogP contribution in [-0.4, -0.2) is 18.0 Å². The number of rotatable bonds is 6. The molecule has 1 heteroatoms. The highest BCUT2D eigenvalue weighted by atomic mass is 15.1. The van der Waals surface area contributed by atoms with E-state index in [4.69, 9.17) is 0 Å². The fourth-order valence-electron chi connectivity index (χ4n) is 5.99. The second-order valence-corrected chi connectivity index (χ2v) is 8.79. The van der Waals surface area contributed by atoms with Crippen LogP contribution in [-0.2, 0) is 32.2 Å². The van der Waals surface area contributed by atoms with Gasteiger partial charge in [-0.25, -0.2) is 0 Å². The van der Waals surface area contributed by atoms with Crippen molar-refractivity contribution in [3.05, 3.63) is 81.4 Å². The molecule has 0 aromatic heterocycles. The zero-order chi connectivity index (χ0) is 20.8. The first kappa shape index (κ1) is 19.6. The standard InChI is InChI=1S/C29H33N/c1-5-21-22(6-2)29-24-15-11-13-20(18-30(7-3)8-4)25(24)17-27(29)26-16-19-12-9-10-14-23(19)28(21)26/h9-15H,5-8,16-18H2,1-4H3. The highest BCUT2D eigenvalue weighted by molar-refractivity contribution is 5.91. The summed E-state index contributed by atoms with van der Waals surface area (Å²) in [6.07, 6.45) is 4.43. The Labute approximate surface area is 181 Å². The zero-order valence-corrected chi connectivity index (χ0v) is 18.9.